The number of anilines is 1. The van der Waals surface area contributed by atoms with Crippen LogP contribution in [0.15, 0.2) is 42.7 Å². The highest BCUT2D eigenvalue weighted by atomic mass is 16.2. The molecule has 1 aromatic heterocycles. The molecule has 0 unspecified atom stereocenters. The molecular formula is C16H19N3O. The molecule has 1 amide bonds. The van der Waals surface area contributed by atoms with Crippen LogP contribution in [0, 0.1) is 6.92 Å². The summed E-state index contributed by atoms with van der Waals surface area (Å²) >= 11 is 0. The van der Waals surface area contributed by atoms with Gasteiger partial charge in [-0.25, -0.2) is 0 Å². The number of hydrogen-bond donors (Lipinski definition) is 1. The molecule has 4 heteroatoms. The number of pyridine rings is 1. The fraction of sp³-hybridized carbons (Fsp3) is 0.250. The highest BCUT2D eigenvalue weighted by Crippen LogP contribution is 2.14. The van der Waals surface area contributed by atoms with Gasteiger partial charge < -0.3 is 10.2 Å². The Bertz CT molecular complexity index is 608. The van der Waals surface area contributed by atoms with E-state index >= 15 is 0 Å². The Kier molecular flexibility index (Phi) is 4.35. The largest absolute Gasteiger partial charge is 0.381 e. The number of rotatable bonds is 4. The first-order valence-electron chi connectivity index (χ1n) is 6.53. The fourth-order valence-electron chi connectivity index (χ4n) is 1.90. The fourth-order valence-corrected chi connectivity index (χ4v) is 1.90. The van der Waals surface area contributed by atoms with Gasteiger partial charge in [0.25, 0.3) is 5.91 Å². The van der Waals surface area contributed by atoms with Gasteiger partial charge in [0.15, 0.2) is 0 Å². The summed E-state index contributed by atoms with van der Waals surface area (Å²) in [6, 6.07) is 9.52. The van der Waals surface area contributed by atoms with Crippen molar-refractivity contribution in [2.24, 2.45) is 0 Å². The van der Waals surface area contributed by atoms with E-state index in [0.29, 0.717) is 12.1 Å². The maximum Gasteiger partial charge on any atom is 0.253 e. The summed E-state index contributed by atoms with van der Waals surface area (Å²) in [4.78, 5) is 17.6. The molecule has 0 saturated heterocycles. The quantitative estimate of drug-likeness (QED) is 0.928. The molecule has 0 spiro atoms. The molecule has 0 aliphatic carbocycles. The summed E-state index contributed by atoms with van der Waals surface area (Å²) in [6.45, 7) is 2.75. The lowest BCUT2D eigenvalue weighted by Crippen LogP contribution is -2.21. The van der Waals surface area contributed by atoms with Gasteiger partial charge in [-0.1, -0.05) is 6.07 Å². The van der Waals surface area contributed by atoms with Gasteiger partial charge in [-0.2, -0.15) is 0 Å². The van der Waals surface area contributed by atoms with E-state index in [9.17, 15) is 4.79 Å². The van der Waals surface area contributed by atoms with E-state index in [2.05, 4.69) is 17.2 Å². The van der Waals surface area contributed by atoms with Gasteiger partial charge in [0.2, 0.25) is 0 Å². The highest BCUT2D eigenvalue weighted by molar-refractivity contribution is 5.94. The third-order valence-corrected chi connectivity index (χ3v) is 3.15. The molecule has 0 saturated carbocycles. The Hall–Kier alpha value is -2.36. The minimum atomic E-state index is 0.00575. The second kappa shape index (κ2) is 6.19. The van der Waals surface area contributed by atoms with Gasteiger partial charge in [0.1, 0.15) is 0 Å². The Labute approximate surface area is 119 Å². The number of amides is 1. The SMILES string of the molecule is Cc1ccncc1CNc1cccc(C(=O)N(C)C)c1. The number of carbonyl (C=O) groups is 1. The van der Waals surface area contributed by atoms with Gasteiger partial charge in [0.05, 0.1) is 0 Å². The molecule has 0 atom stereocenters. The zero-order chi connectivity index (χ0) is 14.5. The molecule has 0 fully saturated rings. The molecule has 1 heterocycles. The molecular weight excluding hydrogens is 250 g/mol. The van der Waals surface area contributed by atoms with Crippen LogP contribution in [0.1, 0.15) is 21.5 Å². The minimum absolute atomic E-state index is 0.00575. The lowest BCUT2D eigenvalue weighted by atomic mass is 10.1. The minimum Gasteiger partial charge on any atom is -0.381 e. The molecule has 0 aliphatic heterocycles. The standard InChI is InChI=1S/C16H19N3O/c1-12-7-8-17-10-14(12)11-18-15-6-4-5-13(9-15)16(20)19(2)3/h4-10,18H,11H2,1-3H3. The average Bonchev–Trinajstić information content (AvgIpc) is 2.46. The zero-order valence-electron chi connectivity index (χ0n) is 12.1. The molecule has 104 valence electrons. The summed E-state index contributed by atoms with van der Waals surface area (Å²) < 4.78 is 0. The molecule has 1 aromatic carbocycles. The molecule has 20 heavy (non-hydrogen) atoms. The Morgan fingerprint density at radius 2 is 2.10 bits per heavy atom. The third-order valence-electron chi connectivity index (χ3n) is 3.15. The Morgan fingerprint density at radius 1 is 1.30 bits per heavy atom. The molecule has 2 aromatic rings. The normalized spacial score (nSPS) is 10.2. The van der Waals surface area contributed by atoms with Crippen molar-refractivity contribution in [2.45, 2.75) is 13.5 Å². The van der Waals surface area contributed by atoms with Crippen molar-refractivity contribution in [3.05, 3.63) is 59.4 Å². The van der Waals surface area contributed by atoms with Crippen molar-refractivity contribution in [2.75, 3.05) is 19.4 Å². The maximum atomic E-state index is 11.9. The van der Waals surface area contributed by atoms with Crippen molar-refractivity contribution in [1.82, 2.24) is 9.88 Å². The predicted molar refractivity (Wildman–Crippen MR) is 80.8 cm³/mol. The topological polar surface area (TPSA) is 45.2 Å². The average molecular weight is 269 g/mol. The van der Waals surface area contributed by atoms with Crippen LogP contribution in [-0.4, -0.2) is 29.9 Å². The summed E-state index contributed by atoms with van der Waals surface area (Å²) in [5.74, 6) is 0.00575. The smallest absolute Gasteiger partial charge is 0.253 e. The van der Waals surface area contributed by atoms with Crippen molar-refractivity contribution in [3.63, 3.8) is 0 Å². The van der Waals surface area contributed by atoms with E-state index < -0.39 is 0 Å². The lowest BCUT2D eigenvalue weighted by molar-refractivity contribution is 0.0827. The molecule has 2 rings (SSSR count). The van der Waals surface area contributed by atoms with Crippen molar-refractivity contribution in [3.8, 4) is 0 Å². The molecule has 4 nitrogen and oxygen atoms in total. The number of hydrogen-bond acceptors (Lipinski definition) is 3. The predicted octanol–water partition coefficient (Wildman–Crippen LogP) is 2.70. The zero-order valence-corrected chi connectivity index (χ0v) is 12.1. The summed E-state index contributed by atoms with van der Waals surface area (Å²) in [5, 5.41) is 3.33. The van der Waals surface area contributed by atoms with E-state index in [4.69, 9.17) is 0 Å². The number of nitrogens with zero attached hydrogens (tertiary/aromatic N) is 2. The van der Waals surface area contributed by atoms with Crippen LogP contribution in [0.3, 0.4) is 0 Å². The highest BCUT2D eigenvalue weighted by Gasteiger charge is 2.08. The summed E-state index contributed by atoms with van der Waals surface area (Å²) in [6.07, 6.45) is 3.65. The molecule has 0 radical (unpaired) electrons. The third kappa shape index (κ3) is 3.35. The molecule has 0 aliphatic rings. The van der Waals surface area contributed by atoms with Crippen LogP contribution in [0.25, 0.3) is 0 Å². The van der Waals surface area contributed by atoms with Crippen molar-refractivity contribution >= 4 is 11.6 Å². The molecule has 0 bridgehead atoms. The van der Waals surface area contributed by atoms with Gasteiger partial charge >= 0.3 is 0 Å². The second-order valence-corrected chi connectivity index (χ2v) is 4.94. The first-order valence-corrected chi connectivity index (χ1v) is 6.53. The number of aromatic nitrogens is 1. The van der Waals surface area contributed by atoms with E-state index in [1.165, 1.54) is 5.56 Å². The van der Waals surface area contributed by atoms with Gasteiger partial charge in [0, 0.05) is 44.3 Å². The van der Waals surface area contributed by atoms with Crippen molar-refractivity contribution < 1.29 is 4.79 Å². The first kappa shape index (κ1) is 14.1. The van der Waals surface area contributed by atoms with Crippen LogP contribution in [0.2, 0.25) is 0 Å². The van der Waals surface area contributed by atoms with Gasteiger partial charge in [-0.15, -0.1) is 0 Å². The van der Waals surface area contributed by atoms with E-state index in [0.717, 1.165) is 11.3 Å². The number of nitrogens with one attached hydrogen (secondary N) is 1. The van der Waals surface area contributed by atoms with E-state index in [-0.39, 0.29) is 5.91 Å². The van der Waals surface area contributed by atoms with Crippen LogP contribution >= 0.6 is 0 Å². The molecule has 1 N–H and O–H groups in total. The first-order chi connectivity index (χ1) is 9.58. The van der Waals surface area contributed by atoms with Gasteiger partial charge in [-0.05, 0) is 42.3 Å². The Balaban J connectivity index is 2.09. The van der Waals surface area contributed by atoms with E-state index in [1.54, 1.807) is 25.2 Å². The van der Waals surface area contributed by atoms with Gasteiger partial charge in [-0.3, -0.25) is 9.78 Å². The van der Waals surface area contributed by atoms with Crippen LogP contribution in [-0.2, 0) is 6.54 Å². The maximum absolute atomic E-state index is 11.9. The van der Waals surface area contributed by atoms with Crippen molar-refractivity contribution in [1.29, 1.82) is 0 Å². The Morgan fingerprint density at radius 3 is 2.80 bits per heavy atom. The van der Waals surface area contributed by atoms with Crippen LogP contribution in [0.4, 0.5) is 5.69 Å². The summed E-state index contributed by atoms with van der Waals surface area (Å²) in [7, 11) is 3.50. The van der Waals surface area contributed by atoms with Crippen LogP contribution in [0.5, 0.6) is 0 Å². The number of aryl methyl sites for hydroxylation is 1. The number of benzene rings is 1. The second-order valence-electron chi connectivity index (χ2n) is 4.94. The van der Waals surface area contributed by atoms with E-state index in [1.807, 2.05) is 36.5 Å². The lowest BCUT2D eigenvalue weighted by Gasteiger charge is -2.12. The summed E-state index contributed by atoms with van der Waals surface area (Å²) in [5.41, 5.74) is 3.97. The number of carbonyl (C=O) groups excluding carboxylic acids is 1. The van der Waals surface area contributed by atoms with Crippen LogP contribution < -0.4 is 5.32 Å². The monoisotopic (exact) mass is 269 g/mol.